The molecule has 2 aromatic rings. The first kappa shape index (κ1) is 29.4. The van der Waals surface area contributed by atoms with E-state index in [9.17, 15) is 23.1 Å². The summed E-state index contributed by atoms with van der Waals surface area (Å²) in [5.74, 6) is -0.329. The molecule has 0 bridgehead atoms. The molecular formula is C27H38N4O6S. The van der Waals surface area contributed by atoms with Crippen molar-refractivity contribution in [2.75, 3.05) is 32.1 Å². The van der Waals surface area contributed by atoms with Crippen LogP contribution in [0.15, 0.2) is 47.4 Å². The lowest BCUT2D eigenvalue weighted by molar-refractivity contribution is 0.0387. The van der Waals surface area contributed by atoms with Gasteiger partial charge in [-0.3, -0.25) is 4.79 Å². The van der Waals surface area contributed by atoms with Crippen molar-refractivity contribution in [3.8, 4) is 5.75 Å². The number of aliphatic hydroxyl groups excluding tert-OH is 1. The summed E-state index contributed by atoms with van der Waals surface area (Å²) in [7, 11) is -2.27. The van der Waals surface area contributed by atoms with Gasteiger partial charge < -0.3 is 25.4 Å². The molecule has 208 valence electrons. The van der Waals surface area contributed by atoms with E-state index in [1.54, 1.807) is 48.2 Å². The fourth-order valence-electron chi connectivity index (χ4n) is 4.19. The molecule has 11 heteroatoms. The van der Waals surface area contributed by atoms with E-state index in [0.29, 0.717) is 5.69 Å². The first-order valence-corrected chi connectivity index (χ1v) is 14.1. The number of likely N-dealkylation sites (N-methyl/N-ethyl adjacent to an activating group) is 1. The van der Waals surface area contributed by atoms with Crippen molar-refractivity contribution in [2.45, 2.75) is 57.7 Å². The van der Waals surface area contributed by atoms with Crippen LogP contribution >= 0.6 is 0 Å². The maximum atomic E-state index is 13.6. The molecule has 0 aliphatic carbocycles. The lowest BCUT2D eigenvalue weighted by Gasteiger charge is -2.38. The molecule has 0 radical (unpaired) electrons. The van der Waals surface area contributed by atoms with Gasteiger partial charge in [0.15, 0.2) is 0 Å². The third-order valence-electron chi connectivity index (χ3n) is 6.51. The van der Waals surface area contributed by atoms with E-state index < -0.39 is 28.2 Å². The number of ether oxygens (including phenoxy) is 1. The van der Waals surface area contributed by atoms with Crippen LogP contribution in [-0.2, 0) is 10.0 Å². The smallest absolute Gasteiger partial charge is 0.319 e. The van der Waals surface area contributed by atoms with E-state index in [-0.39, 0.29) is 53.8 Å². The molecule has 1 heterocycles. The molecule has 3 rings (SSSR count). The number of amides is 3. The molecule has 38 heavy (non-hydrogen) atoms. The van der Waals surface area contributed by atoms with E-state index in [2.05, 4.69) is 10.6 Å². The van der Waals surface area contributed by atoms with Gasteiger partial charge in [-0.15, -0.1) is 0 Å². The van der Waals surface area contributed by atoms with Crippen LogP contribution in [0.4, 0.5) is 10.5 Å². The number of carbonyl (C=O) groups is 2. The number of nitrogens with one attached hydrogen (secondary N) is 2. The zero-order valence-electron chi connectivity index (χ0n) is 22.8. The molecule has 2 aromatic carbocycles. The molecule has 0 aromatic heterocycles. The summed E-state index contributed by atoms with van der Waals surface area (Å²) in [4.78, 5) is 27.5. The van der Waals surface area contributed by atoms with Crippen LogP contribution in [0.2, 0.25) is 0 Å². The van der Waals surface area contributed by atoms with Crippen LogP contribution in [0.1, 0.15) is 43.6 Å². The second-order valence-corrected chi connectivity index (χ2v) is 12.2. The average molecular weight is 547 g/mol. The molecular weight excluding hydrogens is 508 g/mol. The average Bonchev–Trinajstić information content (AvgIpc) is 2.85. The highest BCUT2D eigenvalue weighted by Crippen LogP contribution is 2.31. The number of aryl methyl sites for hydroxylation is 1. The van der Waals surface area contributed by atoms with Crippen molar-refractivity contribution < 1.29 is 27.9 Å². The molecule has 0 unspecified atom stereocenters. The van der Waals surface area contributed by atoms with Gasteiger partial charge in [0.1, 0.15) is 11.9 Å². The van der Waals surface area contributed by atoms with Crippen molar-refractivity contribution in [1.29, 1.82) is 0 Å². The normalized spacial score (nSPS) is 18.9. The van der Waals surface area contributed by atoms with E-state index in [1.165, 1.54) is 17.4 Å². The summed E-state index contributed by atoms with van der Waals surface area (Å²) in [6.07, 6.45) is -0.594. The second-order valence-electron chi connectivity index (χ2n) is 10.2. The molecule has 3 N–H and O–H groups in total. The molecule has 0 saturated carbocycles. The van der Waals surface area contributed by atoms with Gasteiger partial charge in [-0.1, -0.05) is 24.6 Å². The van der Waals surface area contributed by atoms with Gasteiger partial charge in [0.25, 0.3) is 5.91 Å². The van der Waals surface area contributed by atoms with Crippen LogP contribution in [0.5, 0.6) is 5.75 Å². The minimum Gasteiger partial charge on any atom is -0.488 e. The van der Waals surface area contributed by atoms with Crippen LogP contribution in [0.3, 0.4) is 0 Å². The highest BCUT2D eigenvalue weighted by molar-refractivity contribution is 7.89. The Morgan fingerprint density at radius 3 is 2.45 bits per heavy atom. The van der Waals surface area contributed by atoms with Crippen molar-refractivity contribution in [3.05, 3.63) is 53.6 Å². The van der Waals surface area contributed by atoms with Gasteiger partial charge in [-0.05, 0) is 58.0 Å². The maximum absolute atomic E-state index is 13.6. The Labute approximate surface area is 225 Å². The predicted molar refractivity (Wildman–Crippen MR) is 146 cm³/mol. The Balaban J connectivity index is 1.94. The topological polar surface area (TPSA) is 128 Å². The zero-order chi connectivity index (χ0) is 28.2. The van der Waals surface area contributed by atoms with Gasteiger partial charge in [0, 0.05) is 31.2 Å². The summed E-state index contributed by atoms with van der Waals surface area (Å²) < 4.78 is 34.0. The van der Waals surface area contributed by atoms with Crippen LogP contribution in [0.25, 0.3) is 0 Å². The second kappa shape index (κ2) is 12.1. The fraction of sp³-hybridized carbons (Fsp3) is 0.481. The summed E-state index contributed by atoms with van der Waals surface area (Å²) in [6.45, 7) is 9.24. The monoisotopic (exact) mass is 546 g/mol. The Hall–Kier alpha value is -3.15. The Bertz CT molecular complexity index is 1250. The third kappa shape index (κ3) is 6.83. The summed E-state index contributed by atoms with van der Waals surface area (Å²) in [6, 6.07) is 10.5. The summed E-state index contributed by atoms with van der Waals surface area (Å²) >= 11 is 0. The molecule has 0 saturated heterocycles. The summed E-state index contributed by atoms with van der Waals surface area (Å²) in [5, 5.41) is 15.3. The van der Waals surface area contributed by atoms with Crippen LogP contribution in [-0.4, -0.2) is 79.6 Å². The van der Waals surface area contributed by atoms with Crippen molar-refractivity contribution >= 4 is 27.6 Å². The number of nitrogens with zero attached hydrogens (tertiary/aromatic N) is 2. The van der Waals surface area contributed by atoms with Gasteiger partial charge in [-0.2, -0.15) is 4.31 Å². The Kier molecular flexibility index (Phi) is 9.40. The molecule has 3 amide bonds. The quantitative estimate of drug-likeness (QED) is 0.467. The number of sulfonamides is 1. The Morgan fingerprint density at radius 1 is 1.18 bits per heavy atom. The SMILES string of the molecule is Cc1ccc(S(=O)(=O)N(C)C[C@@H]2Oc3ccc(NC(=O)NC(C)C)cc3C(=O)N([C@H](C)CO)C[C@@H]2C)cc1. The standard InChI is InChI=1S/C27H38N4O6S/c1-17(2)28-27(34)29-21-9-12-24-23(13-21)26(33)31(20(5)16-32)14-19(4)25(37-24)15-30(6)38(35,36)22-10-7-18(3)8-11-22/h7-13,17,19-20,25,32H,14-16H2,1-6H3,(H2,28,29,34)/t19-,20+,25-/m0/s1. The van der Waals surface area contributed by atoms with Crippen molar-refractivity contribution in [2.24, 2.45) is 5.92 Å². The lowest BCUT2D eigenvalue weighted by Crippen LogP contribution is -2.50. The van der Waals surface area contributed by atoms with E-state index in [4.69, 9.17) is 4.74 Å². The zero-order valence-corrected chi connectivity index (χ0v) is 23.6. The number of aliphatic hydroxyl groups is 1. The largest absolute Gasteiger partial charge is 0.488 e. The van der Waals surface area contributed by atoms with E-state index in [1.807, 2.05) is 27.7 Å². The number of urea groups is 1. The van der Waals surface area contributed by atoms with Gasteiger partial charge in [0.2, 0.25) is 10.0 Å². The van der Waals surface area contributed by atoms with Crippen LogP contribution in [0, 0.1) is 12.8 Å². The van der Waals surface area contributed by atoms with E-state index >= 15 is 0 Å². The number of hydrogen-bond donors (Lipinski definition) is 3. The molecule has 1 aliphatic heterocycles. The number of rotatable bonds is 8. The number of carbonyl (C=O) groups excluding carboxylic acids is 2. The van der Waals surface area contributed by atoms with Gasteiger partial charge in [-0.25, -0.2) is 13.2 Å². The predicted octanol–water partition coefficient (Wildman–Crippen LogP) is 3.07. The minimum absolute atomic E-state index is 0.0448. The molecule has 0 spiro atoms. The fourth-order valence-corrected chi connectivity index (χ4v) is 5.37. The molecule has 3 atom stereocenters. The Morgan fingerprint density at radius 2 is 1.84 bits per heavy atom. The maximum Gasteiger partial charge on any atom is 0.319 e. The number of benzene rings is 2. The molecule has 10 nitrogen and oxygen atoms in total. The van der Waals surface area contributed by atoms with Gasteiger partial charge in [0.05, 0.1) is 29.7 Å². The highest BCUT2D eigenvalue weighted by atomic mass is 32.2. The van der Waals surface area contributed by atoms with Gasteiger partial charge >= 0.3 is 6.03 Å². The van der Waals surface area contributed by atoms with Crippen molar-refractivity contribution in [3.63, 3.8) is 0 Å². The highest BCUT2D eigenvalue weighted by Gasteiger charge is 2.35. The lowest BCUT2D eigenvalue weighted by atomic mass is 9.99. The minimum atomic E-state index is -3.77. The summed E-state index contributed by atoms with van der Waals surface area (Å²) in [5.41, 5.74) is 1.58. The molecule has 0 fully saturated rings. The first-order valence-electron chi connectivity index (χ1n) is 12.7. The number of fused-ring (bicyclic) bond motifs is 1. The first-order chi connectivity index (χ1) is 17.8. The number of anilines is 1. The van der Waals surface area contributed by atoms with Crippen molar-refractivity contribution in [1.82, 2.24) is 14.5 Å². The van der Waals surface area contributed by atoms with E-state index in [0.717, 1.165) is 5.56 Å². The number of hydrogen-bond acceptors (Lipinski definition) is 6. The van der Waals surface area contributed by atoms with Crippen LogP contribution < -0.4 is 15.4 Å². The third-order valence-corrected chi connectivity index (χ3v) is 8.35. The molecule has 1 aliphatic rings.